The van der Waals surface area contributed by atoms with Crippen LogP contribution in [0.1, 0.15) is 33.6 Å². The molecule has 1 amide bonds. The number of unbranched alkanes of at least 4 members (excludes halogenated alkanes) is 1. The van der Waals surface area contributed by atoms with Crippen LogP contribution in [0.4, 0.5) is 0 Å². The van der Waals surface area contributed by atoms with Gasteiger partial charge in [-0.25, -0.2) is 0 Å². The van der Waals surface area contributed by atoms with Gasteiger partial charge in [-0.2, -0.15) is 0 Å². The summed E-state index contributed by atoms with van der Waals surface area (Å²) in [6.07, 6.45) is 2.77. The van der Waals surface area contributed by atoms with Crippen LogP contribution >= 0.6 is 0 Å². The topological polar surface area (TPSA) is 55.4 Å². The zero-order chi connectivity index (χ0) is 12.6. The van der Waals surface area contributed by atoms with Crippen molar-refractivity contribution in [1.82, 2.24) is 5.32 Å². The molecule has 0 aliphatic carbocycles. The van der Waals surface area contributed by atoms with Crippen LogP contribution in [-0.2, 0) is 14.3 Å². The van der Waals surface area contributed by atoms with Crippen LogP contribution in [0.2, 0.25) is 0 Å². The predicted octanol–water partition coefficient (Wildman–Crippen LogP) is 1.66. The Morgan fingerprint density at radius 3 is 2.44 bits per heavy atom. The van der Waals surface area contributed by atoms with Crippen LogP contribution in [0.15, 0.2) is 12.7 Å². The molecule has 0 bridgehead atoms. The first-order chi connectivity index (χ1) is 7.38. The molecular formula is C12H21NO3. The van der Waals surface area contributed by atoms with Gasteiger partial charge in [0.1, 0.15) is 0 Å². The van der Waals surface area contributed by atoms with E-state index in [1.54, 1.807) is 0 Å². The maximum Gasteiger partial charge on any atom is 0.311 e. The summed E-state index contributed by atoms with van der Waals surface area (Å²) < 4.78 is 5.07. The lowest BCUT2D eigenvalue weighted by molar-refractivity contribution is -0.153. The lowest BCUT2D eigenvalue weighted by atomic mass is 9.97. The Morgan fingerprint density at radius 1 is 1.31 bits per heavy atom. The van der Waals surface area contributed by atoms with Crippen molar-refractivity contribution in [3.05, 3.63) is 12.7 Å². The minimum absolute atomic E-state index is 0.174. The molecule has 0 aliphatic rings. The maximum absolute atomic E-state index is 11.3. The van der Waals surface area contributed by atoms with E-state index in [1.165, 1.54) is 6.08 Å². The zero-order valence-corrected chi connectivity index (χ0v) is 10.3. The number of rotatable bonds is 6. The highest BCUT2D eigenvalue weighted by atomic mass is 16.5. The highest BCUT2D eigenvalue weighted by Gasteiger charge is 2.22. The largest absolute Gasteiger partial charge is 0.465 e. The second-order valence-electron chi connectivity index (χ2n) is 4.59. The number of carbonyl (C=O) groups is 2. The lowest BCUT2D eigenvalue weighted by Gasteiger charge is -2.16. The molecule has 0 spiro atoms. The maximum atomic E-state index is 11.3. The highest BCUT2D eigenvalue weighted by molar-refractivity contribution is 5.86. The average molecular weight is 227 g/mol. The third-order valence-electron chi connectivity index (χ3n) is 1.90. The summed E-state index contributed by atoms with van der Waals surface area (Å²) in [4.78, 5) is 22.1. The van der Waals surface area contributed by atoms with E-state index < -0.39 is 5.41 Å². The zero-order valence-electron chi connectivity index (χ0n) is 10.3. The number of carbonyl (C=O) groups excluding carboxylic acids is 2. The Hall–Kier alpha value is -1.32. The molecule has 4 heteroatoms. The fourth-order valence-electron chi connectivity index (χ4n) is 0.892. The normalized spacial score (nSPS) is 10.7. The molecule has 16 heavy (non-hydrogen) atoms. The number of hydrogen-bond donors (Lipinski definition) is 1. The number of esters is 1. The van der Waals surface area contributed by atoms with Gasteiger partial charge in [-0.1, -0.05) is 6.58 Å². The smallest absolute Gasteiger partial charge is 0.311 e. The Morgan fingerprint density at radius 2 is 1.94 bits per heavy atom. The number of nitrogens with one attached hydrogen (secondary N) is 1. The van der Waals surface area contributed by atoms with Gasteiger partial charge in [-0.15, -0.1) is 0 Å². The second kappa shape index (κ2) is 7.04. The van der Waals surface area contributed by atoms with Crippen LogP contribution in [0, 0.1) is 5.41 Å². The van der Waals surface area contributed by atoms with E-state index in [0.717, 1.165) is 12.8 Å². The Balaban J connectivity index is 3.44. The van der Waals surface area contributed by atoms with Crippen LogP contribution in [-0.4, -0.2) is 25.0 Å². The van der Waals surface area contributed by atoms with Crippen molar-refractivity contribution in [1.29, 1.82) is 0 Å². The van der Waals surface area contributed by atoms with Crippen molar-refractivity contribution >= 4 is 11.9 Å². The van der Waals surface area contributed by atoms with E-state index in [4.69, 9.17) is 4.74 Å². The summed E-state index contributed by atoms with van der Waals surface area (Å²) >= 11 is 0. The Kier molecular flexibility index (Phi) is 6.46. The molecule has 0 radical (unpaired) electrons. The van der Waals surface area contributed by atoms with Gasteiger partial charge < -0.3 is 10.1 Å². The minimum atomic E-state index is -0.447. The fraction of sp³-hybridized carbons (Fsp3) is 0.667. The molecule has 0 saturated heterocycles. The minimum Gasteiger partial charge on any atom is -0.465 e. The van der Waals surface area contributed by atoms with Crippen molar-refractivity contribution in [2.24, 2.45) is 5.41 Å². The summed E-state index contributed by atoms with van der Waals surface area (Å²) in [6, 6.07) is 0. The van der Waals surface area contributed by atoms with Gasteiger partial charge in [-0.3, -0.25) is 9.59 Å². The third-order valence-corrected chi connectivity index (χ3v) is 1.90. The summed E-state index contributed by atoms with van der Waals surface area (Å²) in [7, 11) is 0. The molecule has 0 aromatic rings. The molecule has 92 valence electrons. The van der Waals surface area contributed by atoms with E-state index in [9.17, 15) is 9.59 Å². The highest BCUT2D eigenvalue weighted by Crippen LogP contribution is 2.15. The molecule has 4 nitrogen and oxygen atoms in total. The van der Waals surface area contributed by atoms with Crippen LogP contribution < -0.4 is 5.32 Å². The molecule has 0 aromatic heterocycles. The number of ether oxygens (including phenoxy) is 1. The van der Waals surface area contributed by atoms with Gasteiger partial charge in [0.15, 0.2) is 0 Å². The summed E-state index contributed by atoms with van der Waals surface area (Å²) in [5, 5.41) is 2.65. The molecule has 0 fully saturated rings. The summed E-state index contributed by atoms with van der Waals surface area (Å²) in [6.45, 7) is 9.79. The molecule has 1 N–H and O–H groups in total. The van der Waals surface area contributed by atoms with Crippen molar-refractivity contribution in [2.45, 2.75) is 33.6 Å². The van der Waals surface area contributed by atoms with Crippen molar-refractivity contribution < 1.29 is 14.3 Å². The quantitative estimate of drug-likeness (QED) is 0.426. The van der Waals surface area contributed by atoms with E-state index in [-0.39, 0.29) is 11.9 Å². The lowest BCUT2D eigenvalue weighted by Crippen LogP contribution is -2.24. The van der Waals surface area contributed by atoms with Crippen LogP contribution in [0.25, 0.3) is 0 Å². The second-order valence-corrected chi connectivity index (χ2v) is 4.59. The van der Waals surface area contributed by atoms with Gasteiger partial charge in [0.05, 0.1) is 12.0 Å². The molecular weight excluding hydrogens is 206 g/mol. The third kappa shape index (κ3) is 7.04. The van der Waals surface area contributed by atoms with Gasteiger partial charge in [0, 0.05) is 6.54 Å². The first-order valence-corrected chi connectivity index (χ1v) is 5.45. The molecule has 0 rings (SSSR count). The van der Waals surface area contributed by atoms with Crippen LogP contribution in [0.3, 0.4) is 0 Å². The monoisotopic (exact) mass is 227 g/mol. The molecule has 0 atom stereocenters. The summed E-state index contributed by atoms with van der Waals surface area (Å²) in [5.74, 6) is -0.366. The van der Waals surface area contributed by atoms with Gasteiger partial charge >= 0.3 is 5.97 Å². The van der Waals surface area contributed by atoms with Crippen molar-refractivity contribution in [3.8, 4) is 0 Å². The predicted molar refractivity (Wildman–Crippen MR) is 62.9 cm³/mol. The van der Waals surface area contributed by atoms with E-state index in [2.05, 4.69) is 11.9 Å². The van der Waals surface area contributed by atoms with E-state index >= 15 is 0 Å². The Labute approximate surface area is 97.1 Å². The SMILES string of the molecule is C=CC(=O)NCCCCOC(=O)C(C)(C)C. The molecule has 0 saturated carbocycles. The van der Waals surface area contributed by atoms with E-state index in [1.807, 2.05) is 20.8 Å². The molecule has 0 aromatic carbocycles. The van der Waals surface area contributed by atoms with Gasteiger partial charge in [0.25, 0.3) is 0 Å². The fourth-order valence-corrected chi connectivity index (χ4v) is 0.892. The van der Waals surface area contributed by atoms with E-state index in [0.29, 0.717) is 13.2 Å². The number of hydrogen-bond acceptors (Lipinski definition) is 3. The van der Waals surface area contributed by atoms with Gasteiger partial charge in [0.2, 0.25) is 5.91 Å². The van der Waals surface area contributed by atoms with Crippen LogP contribution in [0.5, 0.6) is 0 Å². The Bertz CT molecular complexity index is 253. The summed E-state index contributed by atoms with van der Waals surface area (Å²) in [5.41, 5.74) is -0.447. The van der Waals surface area contributed by atoms with Gasteiger partial charge in [-0.05, 0) is 39.7 Å². The first kappa shape index (κ1) is 14.7. The van der Waals surface area contributed by atoms with Crippen molar-refractivity contribution in [3.63, 3.8) is 0 Å². The molecule has 0 heterocycles. The van der Waals surface area contributed by atoms with Crippen molar-refractivity contribution in [2.75, 3.05) is 13.2 Å². The molecule has 0 aliphatic heterocycles. The molecule has 0 unspecified atom stereocenters. The average Bonchev–Trinajstić information content (AvgIpc) is 2.20. The number of amides is 1. The first-order valence-electron chi connectivity index (χ1n) is 5.45. The standard InChI is InChI=1S/C12H21NO3/c1-5-10(14)13-8-6-7-9-16-11(15)12(2,3)4/h5H,1,6-9H2,2-4H3,(H,13,14).